The van der Waals surface area contributed by atoms with Gasteiger partial charge in [0.05, 0.1) is 0 Å². The number of aliphatic carboxylic acids is 1. The number of allylic oxidation sites excluding steroid dienone is 2. The van der Waals surface area contributed by atoms with Crippen LogP contribution in [0.2, 0.25) is 0 Å². The average Bonchev–Trinajstić information content (AvgIpc) is 2.01. The third-order valence-electron chi connectivity index (χ3n) is 1.30. The molecule has 0 saturated heterocycles. The molecule has 0 aliphatic carbocycles. The summed E-state index contributed by atoms with van der Waals surface area (Å²) in [6, 6.07) is 0. The summed E-state index contributed by atoms with van der Waals surface area (Å²) in [6.45, 7) is 4.06. The Morgan fingerprint density at radius 2 is 2.08 bits per heavy atom. The van der Waals surface area contributed by atoms with Crippen LogP contribution in [0.5, 0.6) is 0 Å². The van der Waals surface area contributed by atoms with Crippen LogP contribution in [0.15, 0.2) is 11.6 Å². The van der Waals surface area contributed by atoms with E-state index in [1.807, 2.05) is 19.9 Å². The smallest absolute Gasteiger partial charge is 0.382 e. The van der Waals surface area contributed by atoms with Crippen molar-refractivity contribution in [2.24, 2.45) is 0 Å². The van der Waals surface area contributed by atoms with E-state index in [0.29, 0.717) is 0 Å². The summed E-state index contributed by atoms with van der Waals surface area (Å²) in [5.74, 6) is 3.68. The molecule has 0 unspecified atom stereocenters. The highest BCUT2D eigenvalue weighted by Crippen LogP contribution is 2.03. The second-order valence-corrected chi connectivity index (χ2v) is 2.44. The van der Waals surface area contributed by atoms with Crippen molar-refractivity contribution in [1.29, 1.82) is 0 Å². The fraction of sp³-hybridized carbons (Fsp3) is 0.500. The molecule has 0 bridgehead atoms. The van der Waals surface area contributed by atoms with Gasteiger partial charge in [-0.2, -0.15) is 0 Å². The lowest BCUT2D eigenvalue weighted by Crippen LogP contribution is -1.88. The zero-order valence-electron chi connectivity index (χ0n) is 7.55. The molecule has 2 nitrogen and oxygen atoms in total. The Kier molecular flexibility index (Phi) is 5.81. The summed E-state index contributed by atoms with van der Waals surface area (Å²) in [7, 11) is 0. The number of hydrogen-bond donors (Lipinski definition) is 1. The molecule has 0 heterocycles. The van der Waals surface area contributed by atoms with Crippen LogP contribution in [-0.4, -0.2) is 11.1 Å². The maximum absolute atomic E-state index is 10.1. The van der Waals surface area contributed by atoms with Gasteiger partial charge in [-0.05, 0) is 18.4 Å². The van der Waals surface area contributed by atoms with E-state index in [1.165, 1.54) is 0 Å². The van der Waals surface area contributed by atoms with E-state index >= 15 is 0 Å². The minimum absolute atomic E-state index is 0.869. The molecule has 0 aromatic heterocycles. The minimum Gasteiger partial charge on any atom is -0.472 e. The summed E-state index contributed by atoms with van der Waals surface area (Å²) >= 11 is 0. The predicted molar refractivity (Wildman–Crippen MR) is 48.7 cm³/mol. The monoisotopic (exact) mass is 166 g/mol. The Balaban J connectivity index is 4.25. The van der Waals surface area contributed by atoms with Crippen molar-refractivity contribution in [3.05, 3.63) is 11.6 Å². The third kappa shape index (κ3) is 5.55. The van der Waals surface area contributed by atoms with Gasteiger partial charge in [0.15, 0.2) is 0 Å². The molecular weight excluding hydrogens is 152 g/mol. The molecule has 0 amide bonds. The van der Waals surface area contributed by atoms with E-state index in [2.05, 4.69) is 11.8 Å². The van der Waals surface area contributed by atoms with Crippen LogP contribution >= 0.6 is 0 Å². The first kappa shape index (κ1) is 10.8. The van der Waals surface area contributed by atoms with Crippen LogP contribution in [0.4, 0.5) is 0 Å². The molecule has 0 fully saturated rings. The van der Waals surface area contributed by atoms with Crippen molar-refractivity contribution in [1.82, 2.24) is 0 Å². The Hall–Kier alpha value is -1.23. The van der Waals surface area contributed by atoms with Crippen LogP contribution in [0.1, 0.15) is 33.1 Å². The summed E-state index contributed by atoms with van der Waals surface area (Å²) in [6.07, 6.45) is 4.75. The molecule has 0 radical (unpaired) electrons. The zero-order valence-corrected chi connectivity index (χ0v) is 7.55. The first-order chi connectivity index (χ1) is 5.70. The number of carboxylic acid groups (broad SMARTS) is 1. The Morgan fingerprint density at radius 1 is 1.42 bits per heavy atom. The number of carbonyl (C=O) groups is 1. The van der Waals surface area contributed by atoms with Crippen LogP contribution < -0.4 is 0 Å². The summed E-state index contributed by atoms with van der Waals surface area (Å²) in [5.41, 5.74) is 0.933. The molecule has 0 spiro atoms. The van der Waals surface area contributed by atoms with Gasteiger partial charge in [0.1, 0.15) is 0 Å². The maximum Gasteiger partial charge on any atom is 0.382 e. The Morgan fingerprint density at radius 3 is 2.50 bits per heavy atom. The van der Waals surface area contributed by atoms with Crippen molar-refractivity contribution >= 4 is 5.97 Å². The van der Waals surface area contributed by atoms with Gasteiger partial charge >= 0.3 is 5.97 Å². The highest BCUT2D eigenvalue weighted by atomic mass is 16.4. The fourth-order valence-electron chi connectivity index (χ4n) is 0.865. The zero-order chi connectivity index (χ0) is 9.40. The molecule has 12 heavy (non-hydrogen) atoms. The lowest BCUT2D eigenvalue weighted by atomic mass is 10.1. The average molecular weight is 166 g/mol. The van der Waals surface area contributed by atoms with Crippen molar-refractivity contribution in [3.63, 3.8) is 0 Å². The first-order valence-corrected chi connectivity index (χ1v) is 4.14. The molecule has 0 rings (SSSR count). The molecule has 0 atom stereocenters. The maximum atomic E-state index is 10.1. The lowest BCUT2D eigenvalue weighted by molar-refractivity contribution is -0.130. The summed E-state index contributed by atoms with van der Waals surface area (Å²) < 4.78 is 0. The van der Waals surface area contributed by atoms with Gasteiger partial charge in [0.25, 0.3) is 0 Å². The molecule has 2 heteroatoms. The summed E-state index contributed by atoms with van der Waals surface area (Å²) in [5, 5.41) is 8.30. The van der Waals surface area contributed by atoms with Crippen LogP contribution in [0.3, 0.4) is 0 Å². The van der Waals surface area contributed by atoms with Crippen LogP contribution in [0, 0.1) is 11.8 Å². The van der Waals surface area contributed by atoms with Gasteiger partial charge in [-0.1, -0.05) is 32.3 Å². The highest BCUT2D eigenvalue weighted by Gasteiger charge is 1.90. The highest BCUT2D eigenvalue weighted by molar-refractivity contribution is 5.87. The second kappa shape index (κ2) is 6.48. The van der Waals surface area contributed by atoms with E-state index < -0.39 is 5.97 Å². The van der Waals surface area contributed by atoms with E-state index in [4.69, 9.17) is 5.11 Å². The Bertz CT molecular complexity index is 228. The molecule has 1 N–H and O–H groups in total. The molecule has 0 aliphatic rings. The first-order valence-electron chi connectivity index (χ1n) is 4.14. The van der Waals surface area contributed by atoms with Crippen molar-refractivity contribution in [2.75, 3.05) is 0 Å². The molecule has 0 saturated carbocycles. The normalized spacial score (nSPS) is 10.3. The minimum atomic E-state index is -1.06. The third-order valence-corrected chi connectivity index (χ3v) is 1.30. The number of hydrogen-bond acceptors (Lipinski definition) is 1. The lowest BCUT2D eigenvalue weighted by Gasteiger charge is -1.93. The van der Waals surface area contributed by atoms with E-state index in [0.717, 1.165) is 24.8 Å². The van der Waals surface area contributed by atoms with Gasteiger partial charge in [0, 0.05) is 5.92 Å². The molecule has 0 aromatic carbocycles. The van der Waals surface area contributed by atoms with Gasteiger partial charge in [-0.3, -0.25) is 0 Å². The fourth-order valence-corrected chi connectivity index (χ4v) is 0.865. The second-order valence-electron chi connectivity index (χ2n) is 2.44. The quantitative estimate of drug-likeness (QED) is 0.653. The standard InChI is InChI=1S/C10H14O2/c1-3-5-9(6-4-2)7-8-10(11)12/h5H,3-4,6H2,1-2H3,(H,11,12)/b9-5+. The predicted octanol–water partition coefficient (Wildman–Crippen LogP) is 2.21. The van der Waals surface area contributed by atoms with E-state index in [1.54, 1.807) is 0 Å². The van der Waals surface area contributed by atoms with E-state index in [-0.39, 0.29) is 0 Å². The molecule has 0 aliphatic heterocycles. The van der Waals surface area contributed by atoms with Crippen molar-refractivity contribution in [3.8, 4) is 11.8 Å². The molecular formula is C10H14O2. The SMILES string of the molecule is CC/C=C(/C#CC(=O)O)CCC. The number of carboxylic acids is 1. The molecule has 0 aromatic rings. The van der Waals surface area contributed by atoms with Crippen LogP contribution in [0.25, 0.3) is 0 Å². The Labute approximate surface area is 73.3 Å². The van der Waals surface area contributed by atoms with Crippen molar-refractivity contribution < 1.29 is 9.90 Å². The van der Waals surface area contributed by atoms with Crippen LogP contribution in [-0.2, 0) is 4.79 Å². The topological polar surface area (TPSA) is 37.3 Å². The van der Waals surface area contributed by atoms with E-state index in [9.17, 15) is 4.79 Å². The largest absolute Gasteiger partial charge is 0.472 e. The van der Waals surface area contributed by atoms with Gasteiger partial charge in [-0.15, -0.1) is 0 Å². The molecule has 66 valence electrons. The van der Waals surface area contributed by atoms with Gasteiger partial charge < -0.3 is 5.11 Å². The van der Waals surface area contributed by atoms with Gasteiger partial charge in [0.2, 0.25) is 0 Å². The van der Waals surface area contributed by atoms with Crippen molar-refractivity contribution in [2.45, 2.75) is 33.1 Å². The van der Waals surface area contributed by atoms with Gasteiger partial charge in [-0.25, -0.2) is 4.79 Å². The summed E-state index contributed by atoms with van der Waals surface area (Å²) in [4.78, 5) is 10.1. The number of rotatable bonds is 3.